The molecule has 0 bridgehead atoms. The van der Waals surface area contributed by atoms with Gasteiger partial charge in [-0.3, -0.25) is 0 Å². The molecule has 1 heterocycles. The van der Waals surface area contributed by atoms with E-state index in [-0.39, 0.29) is 11.9 Å². The zero-order valence-electron chi connectivity index (χ0n) is 9.92. The number of esters is 1. The molecule has 0 radical (unpaired) electrons. The van der Waals surface area contributed by atoms with Crippen LogP contribution in [0, 0.1) is 5.92 Å². The molecule has 1 aromatic carbocycles. The van der Waals surface area contributed by atoms with Crippen molar-refractivity contribution >= 4 is 11.7 Å². The van der Waals surface area contributed by atoms with Gasteiger partial charge in [0.1, 0.15) is 0 Å². The van der Waals surface area contributed by atoms with E-state index in [0.29, 0.717) is 6.61 Å². The number of hydrogen-bond acceptors (Lipinski definition) is 4. The van der Waals surface area contributed by atoms with Crippen LogP contribution in [0.2, 0.25) is 0 Å². The van der Waals surface area contributed by atoms with Crippen LogP contribution >= 0.6 is 0 Å². The zero-order valence-corrected chi connectivity index (χ0v) is 9.92. The second kappa shape index (κ2) is 4.99. The Hall–Kier alpha value is -1.84. The highest BCUT2D eigenvalue weighted by atomic mass is 16.7. The van der Waals surface area contributed by atoms with Crippen molar-refractivity contribution in [2.75, 3.05) is 6.61 Å². The first kappa shape index (κ1) is 11.6. The molecule has 0 saturated heterocycles. The molecule has 0 fully saturated rings. The van der Waals surface area contributed by atoms with E-state index in [9.17, 15) is 4.79 Å². The Kier molecular flexibility index (Phi) is 3.42. The summed E-state index contributed by atoms with van der Waals surface area (Å²) >= 11 is 0. The van der Waals surface area contributed by atoms with Crippen molar-refractivity contribution in [1.29, 1.82) is 0 Å². The fraction of sp³-hybridized carbons (Fsp3) is 0.385. The molecule has 0 amide bonds. The maximum Gasteiger partial charge on any atom is 0.350 e. The van der Waals surface area contributed by atoms with Crippen LogP contribution in [0.25, 0.3) is 0 Å². The lowest BCUT2D eigenvalue weighted by molar-refractivity contribution is -0.156. The summed E-state index contributed by atoms with van der Waals surface area (Å²) in [5.74, 6) is -0.439. The Balaban J connectivity index is 2.12. The van der Waals surface area contributed by atoms with Crippen LogP contribution < -0.4 is 0 Å². The Morgan fingerprint density at radius 1 is 1.41 bits per heavy atom. The topological polar surface area (TPSA) is 47.9 Å². The summed E-state index contributed by atoms with van der Waals surface area (Å²) in [5, 5.41) is 3.99. The number of rotatable bonds is 3. The third-order valence-corrected chi connectivity index (χ3v) is 2.74. The SMILES string of the molecule is CCOC(=O)C1ON=C(c2ccccc2)C1C. The second-order valence-electron chi connectivity index (χ2n) is 3.91. The van der Waals surface area contributed by atoms with Gasteiger partial charge < -0.3 is 9.57 Å². The van der Waals surface area contributed by atoms with Gasteiger partial charge in [-0.2, -0.15) is 0 Å². The number of oxime groups is 1. The quantitative estimate of drug-likeness (QED) is 0.750. The Bertz CT molecular complexity index is 428. The zero-order chi connectivity index (χ0) is 12.3. The molecule has 1 aromatic rings. The molecule has 2 unspecified atom stereocenters. The van der Waals surface area contributed by atoms with Gasteiger partial charge in [-0.15, -0.1) is 0 Å². The van der Waals surface area contributed by atoms with E-state index in [1.807, 2.05) is 37.3 Å². The van der Waals surface area contributed by atoms with Crippen LogP contribution in [-0.4, -0.2) is 24.4 Å². The maximum absolute atomic E-state index is 11.6. The van der Waals surface area contributed by atoms with Crippen molar-refractivity contribution in [2.45, 2.75) is 20.0 Å². The predicted octanol–water partition coefficient (Wildman–Crippen LogP) is 1.99. The molecule has 2 rings (SSSR count). The molecule has 17 heavy (non-hydrogen) atoms. The fourth-order valence-electron chi connectivity index (χ4n) is 1.83. The average Bonchev–Trinajstić information content (AvgIpc) is 2.72. The van der Waals surface area contributed by atoms with Gasteiger partial charge >= 0.3 is 5.97 Å². The maximum atomic E-state index is 11.6. The van der Waals surface area contributed by atoms with E-state index in [1.54, 1.807) is 6.92 Å². The van der Waals surface area contributed by atoms with Gasteiger partial charge in [0.25, 0.3) is 0 Å². The van der Waals surface area contributed by atoms with Gasteiger partial charge in [-0.05, 0) is 12.5 Å². The summed E-state index contributed by atoms with van der Waals surface area (Å²) in [6, 6.07) is 9.70. The fourth-order valence-corrected chi connectivity index (χ4v) is 1.83. The van der Waals surface area contributed by atoms with Crippen LogP contribution in [0.1, 0.15) is 19.4 Å². The number of carbonyl (C=O) groups is 1. The normalized spacial score (nSPS) is 22.8. The van der Waals surface area contributed by atoms with Gasteiger partial charge in [-0.1, -0.05) is 42.4 Å². The second-order valence-corrected chi connectivity index (χ2v) is 3.91. The molecule has 0 aromatic heterocycles. The minimum Gasteiger partial charge on any atom is -0.463 e. The van der Waals surface area contributed by atoms with Crippen LogP contribution in [0.15, 0.2) is 35.5 Å². The average molecular weight is 233 g/mol. The third-order valence-electron chi connectivity index (χ3n) is 2.74. The molecule has 2 atom stereocenters. The minimum absolute atomic E-state index is 0.0866. The summed E-state index contributed by atoms with van der Waals surface area (Å²) in [7, 11) is 0. The summed E-state index contributed by atoms with van der Waals surface area (Å²) in [5.41, 5.74) is 1.77. The number of benzene rings is 1. The molecule has 4 nitrogen and oxygen atoms in total. The molecule has 0 aliphatic carbocycles. The molecule has 0 saturated carbocycles. The molecular formula is C13H15NO3. The Labute approximate surface area is 100 Å². The molecule has 4 heteroatoms. The van der Waals surface area contributed by atoms with Gasteiger partial charge in [-0.25, -0.2) is 4.79 Å². The monoisotopic (exact) mass is 233 g/mol. The Morgan fingerprint density at radius 2 is 2.12 bits per heavy atom. The van der Waals surface area contributed by atoms with Crippen molar-refractivity contribution in [1.82, 2.24) is 0 Å². The van der Waals surface area contributed by atoms with E-state index in [0.717, 1.165) is 11.3 Å². The van der Waals surface area contributed by atoms with E-state index in [4.69, 9.17) is 9.57 Å². The lowest BCUT2D eigenvalue weighted by Gasteiger charge is -2.12. The lowest BCUT2D eigenvalue weighted by Crippen LogP contribution is -2.31. The molecule has 0 spiro atoms. The van der Waals surface area contributed by atoms with Crippen LogP contribution in [0.5, 0.6) is 0 Å². The highest BCUT2D eigenvalue weighted by molar-refractivity contribution is 6.05. The smallest absolute Gasteiger partial charge is 0.350 e. The number of carbonyl (C=O) groups excluding carboxylic acids is 1. The largest absolute Gasteiger partial charge is 0.463 e. The first-order chi connectivity index (χ1) is 8.24. The molecule has 1 aliphatic heterocycles. The van der Waals surface area contributed by atoms with Gasteiger partial charge in [0.2, 0.25) is 6.10 Å². The highest BCUT2D eigenvalue weighted by Crippen LogP contribution is 2.23. The van der Waals surface area contributed by atoms with Crippen molar-refractivity contribution in [3.05, 3.63) is 35.9 Å². The predicted molar refractivity (Wildman–Crippen MR) is 63.6 cm³/mol. The van der Waals surface area contributed by atoms with Gasteiger partial charge in [0, 0.05) is 0 Å². The summed E-state index contributed by atoms with van der Waals surface area (Å²) in [6.45, 7) is 4.04. The standard InChI is InChI=1S/C13H15NO3/c1-3-16-13(15)12-9(2)11(14-17-12)10-7-5-4-6-8-10/h4-9,12H,3H2,1-2H3. The molecule has 90 valence electrons. The number of nitrogens with zero attached hydrogens (tertiary/aromatic N) is 1. The first-order valence-corrected chi connectivity index (χ1v) is 5.69. The van der Waals surface area contributed by atoms with Crippen molar-refractivity contribution in [3.63, 3.8) is 0 Å². The third kappa shape index (κ3) is 2.30. The highest BCUT2D eigenvalue weighted by Gasteiger charge is 2.37. The number of ether oxygens (including phenoxy) is 1. The minimum atomic E-state index is -0.620. The van der Waals surface area contributed by atoms with Crippen LogP contribution in [0.4, 0.5) is 0 Å². The van der Waals surface area contributed by atoms with Crippen molar-refractivity contribution in [3.8, 4) is 0 Å². The molecular weight excluding hydrogens is 218 g/mol. The summed E-state index contributed by atoms with van der Waals surface area (Å²) < 4.78 is 4.94. The van der Waals surface area contributed by atoms with E-state index in [1.165, 1.54) is 0 Å². The van der Waals surface area contributed by atoms with E-state index < -0.39 is 6.10 Å². The summed E-state index contributed by atoms with van der Waals surface area (Å²) in [4.78, 5) is 16.8. The lowest BCUT2D eigenvalue weighted by atomic mass is 9.94. The first-order valence-electron chi connectivity index (χ1n) is 5.69. The van der Waals surface area contributed by atoms with Crippen molar-refractivity contribution in [2.24, 2.45) is 11.1 Å². The van der Waals surface area contributed by atoms with Crippen LogP contribution in [0.3, 0.4) is 0 Å². The van der Waals surface area contributed by atoms with E-state index in [2.05, 4.69) is 5.16 Å². The van der Waals surface area contributed by atoms with Crippen LogP contribution in [-0.2, 0) is 14.4 Å². The van der Waals surface area contributed by atoms with Crippen molar-refractivity contribution < 1.29 is 14.4 Å². The van der Waals surface area contributed by atoms with Gasteiger partial charge in [0.15, 0.2) is 0 Å². The number of hydrogen-bond donors (Lipinski definition) is 0. The van der Waals surface area contributed by atoms with Gasteiger partial charge in [0.05, 0.1) is 18.2 Å². The molecule has 0 N–H and O–H groups in total. The summed E-state index contributed by atoms with van der Waals surface area (Å²) in [6.07, 6.45) is -0.620. The van der Waals surface area contributed by atoms with E-state index >= 15 is 0 Å². The Morgan fingerprint density at radius 3 is 2.76 bits per heavy atom. The molecule has 1 aliphatic rings.